The fraction of sp³-hybridized carbons (Fsp3) is 0.0476. The molecule has 6 heteroatoms. The van der Waals surface area contributed by atoms with E-state index in [2.05, 4.69) is 5.32 Å². The summed E-state index contributed by atoms with van der Waals surface area (Å²) in [4.78, 5) is 23.1. The van der Waals surface area contributed by atoms with Crippen molar-refractivity contribution in [2.45, 2.75) is 0 Å². The van der Waals surface area contributed by atoms with Gasteiger partial charge in [-0.05, 0) is 47.5 Å². The topological polar surface area (TPSA) is 81.4 Å². The van der Waals surface area contributed by atoms with Gasteiger partial charge in [-0.3, -0.25) is 9.59 Å². The van der Waals surface area contributed by atoms with Crippen LogP contribution in [0.15, 0.2) is 72.8 Å². The Bertz CT molecular complexity index is 957. The summed E-state index contributed by atoms with van der Waals surface area (Å²) in [6.07, 6.45) is 0. The second-order valence-electron chi connectivity index (χ2n) is 5.79. The molecule has 0 aliphatic carbocycles. The van der Waals surface area contributed by atoms with Crippen LogP contribution in [0.1, 0.15) is 10.4 Å². The van der Waals surface area contributed by atoms with E-state index in [0.717, 1.165) is 11.1 Å². The van der Waals surface area contributed by atoms with Gasteiger partial charge in [0.2, 0.25) is 5.91 Å². The molecule has 0 fully saturated rings. The van der Waals surface area contributed by atoms with Crippen molar-refractivity contribution in [3.8, 4) is 16.9 Å². The second kappa shape index (κ2) is 8.38. The third-order valence-electron chi connectivity index (χ3n) is 3.85. The highest BCUT2D eigenvalue weighted by Crippen LogP contribution is 2.30. The van der Waals surface area contributed by atoms with Crippen LogP contribution in [-0.2, 0) is 4.79 Å². The molecule has 3 rings (SSSR count). The molecule has 136 valence electrons. The van der Waals surface area contributed by atoms with Gasteiger partial charge in [-0.25, -0.2) is 0 Å². The molecule has 0 saturated heterocycles. The van der Waals surface area contributed by atoms with Crippen LogP contribution in [0.2, 0.25) is 5.02 Å². The fourth-order valence-corrected chi connectivity index (χ4v) is 2.72. The Morgan fingerprint density at radius 3 is 2.26 bits per heavy atom. The Kier molecular flexibility index (Phi) is 5.74. The third kappa shape index (κ3) is 4.86. The van der Waals surface area contributed by atoms with Crippen LogP contribution < -0.4 is 15.8 Å². The van der Waals surface area contributed by atoms with E-state index >= 15 is 0 Å². The van der Waals surface area contributed by atoms with Gasteiger partial charge in [0.1, 0.15) is 5.75 Å². The van der Waals surface area contributed by atoms with Gasteiger partial charge >= 0.3 is 0 Å². The zero-order chi connectivity index (χ0) is 19.2. The van der Waals surface area contributed by atoms with Crippen LogP contribution >= 0.6 is 11.6 Å². The number of carbonyl (C=O) groups excluding carboxylic acids is 2. The van der Waals surface area contributed by atoms with E-state index < -0.39 is 5.91 Å². The van der Waals surface area contributed by atoms with Crippen LogP contribution in [-0.4, -0.2) is 18.4 Å². The summed E-state index contributed by atoms with van der Waals surface area (Å²) in [6, 6.07) is 21.5. The molecule has 0 atom stereocenters. The van der Waals surface area contributed by atoms with E-state index in [-0.39, 0.29) is 12.5 Å². The van der Waals surface area contributed by atoms with Crippen molar-refractivity contribution in [1.29, 1.82) is 0 Å². The van der Waals surface area contributed by atoms with E-state index in [0.29, 0.717) is 22.0 Å². The van der Waals surface area contributed by atoms with Crippen LogP contribution in [0.3, 0.4) is 0 Å². The minimum Gasteiger partial charge on any atom is -0.482 e. The first kappa shape index (κ1) is 18.5. The molecule has 0 bridgehead atoms. The van der Waals surface area contributed by atoms with Crippen LogP contribution in [0.25, 0.3) is 11.1 Å². The molecule has 27 heavy (non-hydrogen) atoms. The first-order valence-corrected chi connectivity index (χ1v) is 8.58. The number of carbonyl (C=O) groups is 2. The van der Waals surface area contributed by atoms with Gasteiger partial charge in [0.15, 0.2) is 6.61 Å². The van der Waals surface area contributed by atoms with Crippen molar-refractivity contribution in [2.24, 2.45) is 5.73 Å². The molecule has 2 amide bonds. The second-order valence-corrected chi connectivity index (χ2v) is 6.20. The van der Waals surface area contributed by atoms with E-state index in [1.54, 1.807) is 24.3 Å². The van der Waals surface area contributed by atoms with Gasteiger partial charge in [0.05, 0.1) is 5.02 Å². The zero-order valence-corrected chi connectivity index (χ0v) is 15.1. The summed E-state index contributed by atoms with van der Waals surface area (Å²) in [5.41, 5.74) is 8.10. The number of ether oxygens (including phenoxy) is 1. The first-order valence-electron chi connectivity index (χ1n) is 8.20. The molecular formula is C21H17ClN2O3. The molecule has 0 aliphatic rings. The molecule has 3 N–H and O–H groups in total. The maximum Gasteiger partial charge on any atom is 0.262 e. The molecule has 0 saturated carbocycles. The van der Waals surface area contributed by atoms with Crippen molar-refractivity contribution < 1.29 is 14.3 Å². The molecule has 0 heterocycles. The van der Waals surface area contributed by atoms with E-state index in [1.807, 2.05) is 36.4 Å². The maximum absolute atomic E-state index is 12.0. The van der Waals surface area contributed by atoms with Crippen molar-refractivity contribution >= 4 is 29.1 Å². The van der Waals surface area contributed by atoms with Gasteiger partial charge in [-0.1, -0.05) is 48.0 Å². The van der Waals surface area contributed by atoms with Crippen molar-refractivity contribution in [2.75, 3.05) is 11.9 Å². The number of anilines is 1. The number of benzene rings is 3. The molecule has 0 aromatic heterocycles. The molecule has 0 radical (unpaired) electrons. The molecule has 3 aromatic rings. The van der Waals surface area contributed by atoms with Crippen LogP contribution in [0.4, 0.5) is 5.69 Å². The Morgan fingerprint density at radius 1 is 0.926 bits per heavy atom. The predicted molar refractivity (Wildman–Crippen MR) is 106 cm³/mol. The molecule has 0 spiro atoms. The van der Waals surface area contributed by atoms with Crippen molar-refractivity contribution in [1.82, 2.24) is 0 Å². The van der Waals surface area contributed by atoms with E-state index in [4.69, 9.17) is 22.1 Å². The molecule has 0 aliphatic heterocycles. The predicted octanol–water partition coefficient (Wildman–Crippen LogP) is 4.12. The SMILES string of the molecule is NC(=O)c1ccc(NC(=O)COc2ccc(-c3ccccc3)cc2Cl)cc1. The fourth-order valence-electron chi connectivity index (χ4n) is 2.49. The Morgan fingerprint density at radius 2 is 1.63 bits per heavy atom. The van der Waals surface area contributed by atoms with Crippen molar-refractivity contribution in [3.63, 3.8) is 0 Å². The summed E-state index contributed by atoms with van der Waals surface area (Å²) in [7, 11) is 0. The number of hydrogen-bond acceptors (Lipinski definition) is 3. The van der Waals surface area contributed by atoms with Gasteiger partial charge in [0.25, 0.3) is 5.91 Å². The summed E-state index contributed by atoms with van der Waals surface area (Å²) in [5, 5.41) is 3.10. The number of hydrogen-bond donors (Lipinski definition) is 2. The lowest BCUT2D eigenvalue weighted by Gasteiger charge is -2.10. The number of amides is 2. The minimum absolute atomic E-state index is 0.192. The summed E-state index contributed by atoms with van der Waals surface area (Å²) in [6.45, 7) is -0.192. The zero-order valence-electron chi connectivity index (χ0n) is 14.3. The molecule has 5 nitrogen and oxygen atoms in total. The van der Waals surface area contributed by atoms with Crippen LogP contribution in [0, 0.1) is 0 Å². The Labute approximate surface area is 161 Å². The van der Waals surface area contributed by atoms with E-state index in [1.165, 1.54) is 12.1 Å². The van der Waals surface area contributed by atoms with Crippen LogP contribution in [0.5, 0.6) is 5.75 Å². The highest BCUT2D eigenvalue weighted by atomic mass is 35.5. The maximum atomic E-state index is 12.0. The molecule has 3 aromatic carbocycles. The minimum atomic E-state index is -0.523. The monoisotopic (exact) mass is 380 g/mol. The molecule has 0 unspecified atom stereocenters. The highest BCUT2D eigenvalue weighted by Gasteiger charge is 2.09. The van der Waals surface area contributed by atoms with Gasteiger partial charge in [-0.15, -0.1) is 0 Å². The average Bonchev–Trinajstić information content (AvgIpc) is 2.68. The largest absolute Gasteiger partial charge is 0.482 e. The Hall–Kier alpha value is -3.31. The summed E-state index contributed by atoms with van der Waals surface area (Å²) >= 11 is 6.27. The number of primary amides is 1. The van der Waals surface area contributed by atoms with Gasteiger partial charge in [-0.2, -0.15) is 0 Å². The standard InChI is InChI=1S/C21H17ClN2O3/c22-18-12-16(14-4-2-1-3-5-14)8-11-19(18)27-13-20(25)24-17-9-6-15(7-10-17)21(23)26/h1-12H,13H2,(H2,23,26)(H,24,25). The lowest BCUT2D eigenvalue weighted by atomic mass is 10.1. The normalized spacial score (nSPS) is 10.3. The number of halogens is 1. The average molecular weight is 381 g/mol. The number of nitrogens with one attached hydrogen (secondary N) is 1. The van der Waals surface area contributed by atoms with Gasteiger partial charge in [0, 0.05) is 11.3 Å². The molecular weight excluding hydrogens is 364 g/mol. The lowest BCUT2D eigenvalue weighted by molar-refractivity contribution is -0.118. The highest BCUT2D eigenvalue weighted by molar-refractivity contribution is 6.32. The first-order chi connectivity index (χ1) is 13.0. The Balaban J connectivity index is 1.59. The third-order valence-corrected chi connectivity index (χ3v) is 4.15. The lowest BCUT2D eigenvalue weighted by Crippen LogP contribution is -2.20. The van der Waals surface area contributed by atoms with Gasteiger partial charge < -0.3 is 15.8 Å². The van der Waals surface area contributed by atoms with Crippen molar-refractivity contribution in [3.05, 3.63) is 83.4 Å². The van der Waals surface area contributed by atoms with E-state index in [9.17, 15) is 9.59 Å². The number of rotatable bonds is 6. The summed E-state index contributed by atoms with van der Waals surface area (Å²) in [5.74, 6) is -0.439. The number of nitrogens with two attached hydrogens (primary N) is 1. The smallest absolute Gasteiger partial charge is 0.262 e. The summed E-state index contributed by atoms with van der Waals surface area (Å²) < 4.78 is 5.51. The quantitative estimate of drug-likeness (QED) is 0.674.